The molecule has 2 rings (SSSR count). The standard InChI is InChI=1S/C34H52N2O4/c1-3-5-7-15-27-39-31-23-19-29(20-24-31)33(35-37)17-13-11-9-10-12-14-18-34(36-38)30-21-25-32(26-22-30)40-28-16-8-6-4-2/h19-26,37-38H,3-18,27-28H2,1-2H3/b35-33-,36-34-. The molecule has 40 heavy (non-hydrogen) atoms. The van der Waals surface area contributed by atoms with Gasteiger partial charge in [0.15, 0.2) is 0 Å². The number of rotatable bonds is 23. The van der Waals surface area contributed by atoms with E-state index in [0.717, 1.165) is 111 Å². The van der Waals surface area contributed by atoms with Gasteiger partial charge >= 0.3 is 0 Å². The third-order valence-electron chi connectivity index (χ3n) is 7.23. The Morgan fingerprint density at radius 1 is 0.500 bits per heavy atom. The van der Waals surface area contributed by atoms with Crippen molar-refractivity contribution >= 4 is 11.4 Å². The number of hydrogen-bond donors (Lipinski definition) is 2. The van der Waals surface area contributed by atoms with Gasteiger partial charge in [0.2, 0.25) is 0 Å². The second kappa shape index (κ2) is 21.8. The smallest absolute Gasteiger partial charge is 0.119 e. The van der Waals surface area contributed by atoms with E-state index in [1.54, 1.807) is 0 Å². The van der Waals surface area contributed by atoms with Gasteiger partial charge in [0, 0.05) is 0 Å². The molecule has 0 saturated carbocycles. The molecule has 0 amide bonds. The molecule has 2 aromatic rings. The zero-order chi connectivity index (χ0) is 28.7. The molecule has 0 spiro atoms. The average Bonchev–Trinajstić information content (AvgIpc) is 2.99. The van der Waals surface area contributed by atoms with Crippen molar-refractivity contribution in [3.63, 3.8) is 0 Å². The maximum Gasteiger partial charge on any atom is 0.119 e. The Labute approximate surface area is 242 Å². The van der Waals surface area contributed by atoms with Gasteiger partial charge in [-0.3, -0.25) is 0 Å². The highest BCUT2D eigenvalue weighted by Gasteiger charge is 2.07. The van der Waals surface area contributed by atoms with Crippen molar-refractivity contribution in [3.8, 4) is 11.5 Å². The van der Waals surface area contributed by atoms with E-state index < -0.39 is 0 Å². The first-order valence-electron chi connectivity index (χ1n) is 15.6. The fourth-order valence-corrected chi connectivity index (χ4v) is 4.72. The fraction of sp³-hybridized carbons (Fsp3) is 0.588. The molecular weight excluding hydrogens is 500 g/mol. The summed E-state index contributed by atoms with van der Waals surface area (Å²) in [7, 11) is 0. The van der Waals surface area contributed by atoms with Crippen LogP contribution in [-0.4, -0.2) is 35.1 Å². The monoisotopic (exact) mass is 552 g/mol. The van der Waals surface area contributed by atoms with Crippen LogP contribution in [0.3, 0.4) is 0 Å². The van der Waals surface area contributed by atoms with Crippen LogP contribution in [0.2, 0.25) is 0 Å². The number of ether oxygens (including phenoxy) is 2. The molecule has 0 saturated heterocycles. The van der Waals surface area contributed by atoms with Crippen LogP contribution in [0.1, 0.15) is 128 Å². The maximum atomic E-state index is 9.51. The molecule has 0 atom stereocenters. The number of oxime groups is 2. The number of unbranched alkanes of at least 4 members (excludes halogenated alkanes) is 11. The van der Waals surface area contributed by atoms with Gasteiger partial charge in [-0.15, -0.1) is 0 Å². The van der Waals surface area contributed by atoms with Crippen molar-refractivity contribution in [2.75, 3.05) is 13.2 Å². The number of nitrogens with zero attached hydrogens (tertiary/aromatic N) is 2. The van der Waals surface area contributed by atoms with E-state index in [2.05, 4.69) is 24.2 Å². The highest BCUT2D eigenvalue weighted by atomic mass is 16.5. The van der Waals surface area contributed by atoms with E-state index in [4.69, 9.17) is 9.47 Å². The minimum Gasteiger partial charge on any atom is -0.494 e. The van der Waals surface area contributed by atoms with Gasteiger partial charge in [-0.05, 0) is 98.2 Å². The Morgan fingerprint density at radius 3 is 1.20 bits per heavy atom. The van der Waals surface area contributed by atoms with Gasteiger partial charge in [-0.25, -0.2) is 0 Å². The van der Waals surface area contributed by atoms with Crippen molar-refractivity contribution in [2.45, 2.75) is 117 Å². The second-order valence-corrected chi connectivity index (χ2v) is 10.6. The zero-order valence-corrected chi connectivity index (χ0v) is 25.0. The van der Waals surface area contributed by atoms with Crippen LogP contribution in [0.25, 0.3) is 0 Å². The summed E-state index contributed by atoms with van der Waals surface area (Å²) in [6.45, 7) is 5.91. The molecule has 0 aliphatic heterocycles. The lowest BCUT2D eigenvalue weighted by atomic mass is 10.0. The van der Waals surface area contributed by atoms with Crippen LogP contribution < -0.4 is 9.47 Å². The molecule has 0 fully saturated rings. The first-order chi connectivity index (χ1) is 19.7. The van der Waals surface area contributed by atoms with Crippen molar-refractivity contribution < 1.29 is 19.9 Å². The molecule has 0 heterocycles. The molecule has 0 aliphatic rings. The van der Waals surface area contributed by atoms with E-state index in [0.29, 0.717) is 0 Å². The first-order valence-corrected chi connectivity index (χ1v) is 15.6. The SMILES string of the molecule is CCCCCCOc1ccc(/C(CCCCCCCC/C(=N/O)c2ccc(OCCCCCC)cc2)=N\O)cc1. The highest BCUT2D eigenvalue weighted by molar-refractivity contribution is 6.00. The quantitative estimate of drug-likeness (QED) is 0.0622. The zero-order valence-electron chi connectivity index (χ0n) is 25.0. The third-order valence-corrected chi connectivity index (χ3v) is 7.23. The van der Waals surface area contributed by atoms with Crippen LogP contribution in [-0.2, 0) is 0 Å². The molecule has 0 aliphatic carbocycles. The lowest BCUT2D eigenvalue weighted by molar-refractivity contribution is 0.305. The van der Waals surface area contributed by atoms with Gasteiger partial charge in [-0.2, -0.15) is 0 Å². The molecule has 222 valence electrons. The summed E-state index contributed by atoms with van der Waals surface area (Å²) in [4.78, 5) is 0. The Bertz CT molecular complexity index is 875. The maximum absolute atomic E-state index is 9.51. The minimum absolute atomic E-state index is 0.728. The number of hydrogen-bond acceptors (Lipinski definition) is 6. The van der Waals surface area contributed by atoms with E-state index in [1.165, 1.54) is 38.5 Å². The lowest BCUT2D eigenvalue weighted by Crippen LogP contribution is -2.03. The van der Waals surface area contributed by atoms with Crippen LogP contribution in [0.5, 0.6) is 11.5 Å². The summed E-state index contributed by atoms with van der Waals surface area (Å²) in [6, 6.07) is 15.8. The van der Waals surface area contributed by atoms with E-state index in [-0.39, 0.29) is 0 Å². The molecule has 0 aromatic heterocycles. The topological polar surface area (TPSA) is 83.6 Å². The van der Waals surface area contributed by atoms with Crippen LogP contribution in [0, 0.1) is 0 Å². The minimum atomic E-state index is 0.728. The van der Waals surface area contributed by atoms with Crippen molar-refractivity contribution in [1.82, 2.24) is 0 Å². The first kappa shape index (κ1) is 33.2. The molecule has 0 unspecified atom stereocenters. The summed E-state index contributed by atoms with van der Waals surface area (Å²) in [5, 5.41) is 26.1. The van der Waals surface area contributed by atoms with Crippen LogP contribution in [0.4, 0.5) is 0 Å². The highest BCUT2D eigenvalue weighted by Crippen LogP contribution is 2.19. The Hall–Kier alpha value is -3.02. The summed E-state index contributed by atoms with van der Waals surface area (Å²) < 4.78 is 11.6. The van der Waals surface area contributed by atoms with E-state index in [9.17, 15) is 10.4 Å². The molecule has 2 N–H and O–H groups in total. The Balaban J connectivity index is 1.58. The third kappa shape index (κ3) is 13.9. The van der Waals surface area contributed by atoms with Gasteiger partial charge in [0.05, 0.1) is 24.6 Å². The van der Waals surface area contributed by atoms with Crippen LogP contribution >= 0.6 is 0 Å². The average molecular weight is 553 g/mol. The Morgan fingerprint density at radius 2 is 0.850 bits per heavy atom. The summed E-state index contributed by atoms with van der Waals surface area (Å²) >= 11 is 0. The predicted octanol–water partition coefficient (Wildman–Crippen LogP) is 9.78. The summed E-state index contributed by atoms with van der Waals surface area (Å²) in [5.41, 5.74) is 3.35. The molecule has 2 aromatic carbocycles. The molecule has 0 radical (unpaired) electrons. The largest absolute Gasteiger partial charge is 0.494 e. The Kier molecular flexibility index (Phi) is 18.1. The fourth-order valence-electron chi connectivity index (χ4n) is 4.72. The molecule has 6 nitrogen and oxygen atoms in total. The lowest BCUT2D eigenvalue weighted by Gasteiger charge is -2.09. The van der Waals surface area contributed by atoms with Crippen molar-refractivity contribution in [1.29, 1.82) is 0 Å². The van der Waals surface area contributed by atoms with Gasteiger partial charge in [0.25, 0.3) is 0 Å². The van der Waals surface area contributed by atoms with Crippen molar-refractivity contribution in [3.05, 3.63) is 59.7 Å². The molecule has 0 bridgehead atoms. The van der Waals surface area contributed by atoms with Crippen molar-refractivity contribution in [2.24, 2.45) is 10.3 Å². The van der Waals surface area contributed by atoms with Gasteiger partial charge in [0.1, 0.15) is 11.5 Å². The van der Waals surface area contributed by atoms with Gasteiger partial charge in [-0.1, -0.05) is 88.4 Å². The van der Waals surface area contributed by atoms with Crippen LogP contribution in [0.15, 0.2) is 58.8 Å². The normalized spacial score (nSPS) is 12.1. The predicted molar refractivity (Wildman–Crippen MR) is 166 cm³/mol. The number of benzene rings is 2. The summed E-state index contributed by atoms with van der Waals surface area (Å²) in [5.74, 6) is 1.73. The van der Waals surface area contributed by atoms with E-state index in [1.807, 2.05) is 48.5 Å². The molecule has 6 heteroatoms. The summed E-state index contributed by atoms with van der Waals surface area (Å²) in [6.07, 6.45) is 17.5. The second-order valence-electron chi connectivity index (χ2n) is 10.6. The van der Waals surface area contributed by atoms with Gasteiger partial charge < -0.3 is 19.9 Å². The van der Waals surface area contributed by atoms with E-state index >= 15 is 0 Å². The molecular formula is C34H52N2O4.